The molecule has 0 aliphatic rings. The maximum Gasteiger partial charge on any atom is 0.272 e. The van der Waals surface area contributed by atoms with E-state index in [0.717, 1.165) is 10.9 Å². The van der Waals surface area contributed by atoms with Crippen LogP contribution in [0.1, 0.15) is 16.9 Å². The fourth-order valence-corrected chi connectivity index (χ4v) is 1.81. The molecule has 20 heavy (non-hydrogen) atoms. The number of fused-ring (bicyclic) bond motifs is 1. The van der Waals surface area contributed by atoms with Crippen molar-refractivity contribution in [3.8, 4) is 0 Å². The van der Waals surface area contributed by atoms with Crippen LogP contribution in [0.4, 0.5) is 0 Å². The highest BCUT2D eigenvalue weighted by Gasteiger charge is 2.13. The fraction of sp³-hybridized carbons (Fsp3) is 0.214. The number of pyridine rings is 1. The highest BCUT2D eigenvalue weighted by molar-refractivity contribution is 5.95. The summed E-state index contributed by atoms with van der Waals surface area (Å²) < 4.78 is 0. The largest absolute Gasteiger partial charge is 0.409 e. The van der Waals surface area contributed by atoms with Crippen LogP contribution in [-0.2, 0) is 0 Å². The van der Waals surface area contributed by atoms with Crippen molar-refractivity contribution in [1.29, 1.82) is 0 Å². The summed E-state index contributed by atoms with van der Waals surface area (Å²) in [7, 11) is 1.66. The van der Waals surface area contributed by atoms with E-state index in [1.165, 1.54) is 4.90 Å². The minimum Gasteiger partial charge on any atom is -0.409 e. The lowest BCUT2D eigenvalue weighted by atomic mass is 10.2. The Hall–Kier alpha value is -2.63. The summed E-state index contributed by atoms with van der Waals surface area (Å²) >= 11 is 0. The van der Waals surface area contributed by atoms with Gasteiger partial charge in [0.1, 0.15) is 11.5 Å². The molecule has 0 saturated carbocycles. The van der Waals surface area contributed by atoms with E-state index in [-0.39, 0.29) is 11.7 Å². The molecule has 0 atom stereocenters. The number of carbonyl (C=O) groups is 1. The molecule has 0 radical (unpaired) electrons. The first-order chi connectivity index (χ1) is 9.61. The van der Waals surface area contributed by atoms with Gasteiger partial charge in [-0.1, -0.05) is 29.4 Å². The van der Waals surface area contributed by atoms with Gasteiger partial charge in [-0.3, -0.25) is 4.79 Å². The number of carbonyl (C=O) groups excluding carboxylic acids is 1. The Bertz CT molecular complexity index is 654. The van der Waals surface area contributed by atoms with Gasteiger partial charge >= 0.3 is 0 Å². The topological polar surface area (TPSA) is 91.8 Å². The average Bonchev–Trinajstić information content (AvgIpc) is 2.50. The molecule has 2 rings (SSSR count). The molecule has 1 amide bonds. The van der Waals surface area contributed by atoms with Crippen LogP contribution in [0.15, 0.2) is 41.6 Å². The van der Waals surface area contributed by atoms with Crippen molar-refractivity contribution >= 4 is 22.6 Å². The molecule has 0 bridgehead atoms. The van der Waals surface area contributed by atoms with Crippen LogP contribution in [0.2, 0.25) is 0 Å². The van der Waals surface area contributed by atoms with Gasteiger partial charge < -0.3 is 15.8 Å². The van der Waals surface area contributed by atoms with Crippen LogP contribution in [-0.4, -0.2) is 40.4 Å². The van der Waals surface area contributed by atoms with Gasteiger partial charge in [0, 0.05) is 25.4 Å². The molecule has 104 valence electrons. The highest BCUT2D eigenvalue weighted by Crippen LogP contribution is 2.12. The van der Waals surface area contributed by atoms with E-state index in [4.69, 9.17) is 10.9 Å². The van der Waals surface area contributed by atoms with E-state index < -0.39 is 0 Å². The van der Waals surface area contributed by atoms with Crippen molar-refractivity contribution in [3.63, 3.8) is 0 Å². The van der Waals surface area contributed by atoms with Crippen LogP contribution in [0.25, 0.3) is 10.9 Å². The SMILES string of the molecule is CN(CC/C(N)=N/O)C(=O)c1ccc2ccccc2n1. The van der Waals surface area contributed by atoms with Crippen molar-refractivity contribution in [2.75, 3.05) is 13.6 Å². The Morgan fingerprint density at radius 2 is 2.10 bits per heavy atom. The van der Waals surface area contributed by atoms with Crippen LogP contribution in [0.5, 0.6) is 0 Å². The molecule has 2 aromatic rings. The van der Waals surface area contributed by atoms with Crippen molar-refractivity contribution in [2.45, 2.75) is 6.42 Å². The molecule has 0 aliphatic carbocycles. The van der Waals surface area contributed by atoms with Crippen LogP contribution >= 0.6 is 0 Å². The van der Waals surface area contributed by atoms with Crippen molar-refractivity contribution in [2.24, 2.45) is 10.9 Å². The lowest BCUT2D eigenvalue weighted by Crippen LogP contribution is -2.31. The monoisotopic (exact) mass is 272 g/mol. The minimum absolute atomic E-state index is 0.0936. The third-order valence-electron chi connectivity index (χ3n) is 3.00. The van der Waals surface area contributed by atoms with Gasteiger partial charge in [-0.05, 0) is 12.1 Å². The second-order valence-electron chi connectivity index (χ2n) is 4.46. The standard InChI is InChI=1S/C14H16N4O2/c1-18(9-8-13(15)17-20)14(19)12-7-6-10-4-2-3-5-11(10)16-12/h2-7,20H,8-9H2,1H3,(H2,15,17). The maximum atomic E-state index is 12.2. The lowest BCUT2D eigenvalue weighted by molar-refractivity contribution is 0.0793. The Morgan fingerprint density at radius 3 is 2.85 bits per heavy atom. The predicted molar refractivity (Wildman–Crippen MR) is 76.7 cm³/mol. The molecule has 6 heteroatoms. The first-order valence-corrected chi connectivity index (χ1v) is 6.19. The molecule has 3 N–H and O–H groups in total. The highest BCUT2D eigenvalue weighted by atomic mass is 16.4. The van der Waals surface area contributed by atoms with E-state index in [1.807, 2.05) is 30.3 Å². The summed E-state index contributed by atoms with van der Waals surface area (Å²) in [5, 5.41) is 12.3. The van der Waals surface area contributed by atoms with E-state index in [0.29, 0.717) is 18.7 Å². The number of amidine groups is 1. The van der Waals surface area contributed by atoms with E-state index in [9.17, 15) is 4.79 Å². The van der Waals surface area contributed by atoms with Gasteiger partial charge in [-0.25, -0.2) is 4.98 Å². The Morgan fingerprint density at radius 1 is 1.35 bits per heavy atom. The number of amides is 1. The van der Waals surface area contributed by atoms with Gasteiger partial charge in [-0.15, -0.1) is 0 Å². The van der Waals surface area contributed by atoms with Gasteiger partial charge in [-0.2, -0.15) is 0 Å². The summed E-state index contributed by atoms with van der Waals surface area (Å²) in [6.45, 7) is 0.364. The first-order valence-electron chi connectivity index (χ1n) is 6.19. The number of aromatic nitrogens is 1. The van der Waals surface area contributed by atoms with Crippen molar-refractivity contribution in [1.82, 2.24) is 9.88 Å². The zero-order valence-corrected chi connectivity index (χ0v) is 11.2. The third-order valence-corrected chi connectivity index (χ3v) is 3.00. The Labute approximate surface area is 116 Å². The molecule has 0 aliphatic heterocycles. The molecule has 0 fully saturated rings. The number of nitrogens with two attached hydrogens (primary N) is 1. The van der Waals surface area contributed by atoms with Crippen LogP contribution < -0.4 is 5.73 Å². The molecule has 1 heterocycles. The quantitative estimate of drug-likeness (QED) is 0.381. The number of para-hydroxylation sites is 1. The second-order valence-corrected chi connectivity index (χ2v) is 4.46. The Balaban J connectivity index is 2.14. The number of rotatable bonds is 4. The summed E-state index contributed by atoms with van der Waals surface area (Å²) in [6.07, 6.45) is 0.312. The smallest absolute Gasteiger partial charge is 0.272 e. The molecular formula is C14H16N4O2. The first kappa shape index (κ1) is 13.8. The van der Waals surface area contributed by atoms with Gasteiger partial charge in [0.2, 0.25) is 0 Å². The molecule has 0 spiro atoms. The van der Waals surface area contributed by atoms with Gasteiger partial charge in [0.15, 0.2) is 0 Å². The van der Waals surface area contributed by atoms with Gasteiger partial charge in [0.25, 0.3) is 5.91 Å². The van der Waals surface area contributed by atoms with Crippen LogP contribution in [0.3, 0.4) is 0 Å². The van der Waals surface area contributed by atoms with E-state index in [2.05, 4.69) is 10.1 Å². The van der Waals surface area contributed by atoms with E-state index in [1.54, 1.807) is 13.1 Å². The molecule has 6 nitrogen and oxygen atoms in total. The molecule has 1 aromatic carbocycles. The number of oxime groups is 1. The zero-order valence-electron chi connectivity index (χ0n) is 11.2. The van der Waals surface area contributed by atoms with Crippen molar-refractivity contribution in [3.05, 3.63) is 42.1 Å². The molecule has 0 unspecified atom stereocenters. The average molecular weight is 272 g/mol. The summed E-state index contributed by atoms with van der Waals surface area (Å²) in [5.41, 5.74) is 6.54. The third kappa shape index (κ3) is 3.03. The predicted octanol–water partition coefficient (Wildman–Crippen LogP) is 1.44. The summed E-state index contributed by atoms with van der Waals surface area (Å²) in [4.78, 5) is 18.0. The summed E-state index contributed by atoms with van der Waals surface area (Å²) in [5.74, 6) is -0.0994. The fourth-order valence-electron chi connectivity index (χ4n) is 1.81. The van der Waals surface area contributed by atoms with Crippen LogP contribution in [0, 0.1) is 0 Å². The molecule has 0 saturated heterocycles. The minimum atomic E-state index is -0.193. The normalized spacial score (nSPS) is 11.6. The Kier molecular flexibility index (Phi) is 4.14. The van der Waals surface area contributed by atoms with Gasteiger partial charge in [0.05, 0.1) is 5.52 Å². The molecule has 1 aromatic heterocycles. The zero-order chi connectivity index (χ0) is 14.5. The number of benzene rings is 1. The number of hydrogen-bond acceptors (Lipinski definition) is 4. The number of hydrogen-bond donors (Lipinski definition) is 2. The van der Waals surface area contributed by atoms with Crippen molar-refractivity contribution < 1.29 is 10.0 Å². The molecular weight excluding hydrogens is 256 g/mol. The van der Waals surface area contributed by atoms with E-state index >= 15 is 0 Å². The second kappa shape index (κ2) is 6.01. The number of nitrogens with zero attached hydrogens (tertiary/aromatic N) is 3. The summed E-state index contributed by atoms with van der Waals surface area (Å²) in [6, 6.07) is 11.2. The maximum absolute atomic E-state index is 12.2. The lowest BCUT2D eigenvalue weighted by Gasteiger charge is -2.16.